The van der Waals surface area contributed by atoms with Crippen LogP contribution in [0.3, 0.4) is 0 Å². The SMILES string of the molecule is Cc1ccc(Nc2nc(-c3ccc(NC(=O)C[C@@H](C)CC(C)(C)C)cc3)cs2)cc1. The molecule has 0 aliphatic carbocycles. The molecule has 0 saturated carbocycles. The van der Waals surface area contributed by atoms with Crippen LogP contribution in [0.1, 0.15) is 46.1 Å². The van der Waals surface area contributed by atoms with Gasteiger partial charge < -0.3 is 10.6 Å². The monoisotopic (exact) mass is 421 g/mol. The highest BCUT2D eigenvalue weighted by Crippen LogP contribution is 2.29. The Labute approximate surface area is 183 Å². The van der Waals surface area contributed by atoms with Gasteiger partial charge in [0.15, 0.2) is 5.13 Å². The first-order chi connectivity index (χ1) is 14.2. The van der Waals surface area contributed by atoms with Crippen LogP contribution < -0.4 is 10.6 Å². The van der Waals surface area contributed by atoms with Crippen LogP contribution in [-0.2, 0) is 4.79 Å². The van der Waals surface area contributed by atoms with E-state index in [9.17, 15) is 4.79 Å². The van der Waals surface area contributed by atoms with E-state index in [2.05, 4.69) is 74.5 Å². The number of aryl methyl sites for hydroxylation is 1. The Morgan fingerprint density at radius 3 is 2.30 bits per heavy atom. The summed E-state index contributed by atoms with van der Waals surface area (Å²) in [6.07, 6.45) is 1.57. The van der Waals surface area contributed by atoms with Gasteiger partial charge in [0.25, 0.3) is 0 Å². The maximum Gasteiger partial charge on any atom is 0.224 e. The summed E-state index contributed by atoms with van der Waals surface area (Å²) in [6.45, 7) is 10.8. The van der Waals surface area contributed by atoms with E-state index in [0.717, 1.165) is 34.2 Å². The van der Waals surface area contributed by atoms with Crippen molar-refractivity contribution in [3.63, 3.8) is 0 Å². The standard InChI is InChI=1S/C25H31N3OS/c1-17-6-10-21(11-7-17)27-24-28-22(16-30-24)19-8-12-20(13-9-19)26-23(29)14-18(2)15-25(3,4)5/h6-13,16,18H,14-15H2,1-5H3,(H,26,29)(H,27,28)/t18-/m1/s1. The number of carbonyl (C=O) groups excluding carboxylic acids is 1. The van der Waals surface area contributed by atoms with Crippen molar-refractivity contribution in [1.29, 1.82) is 0 Å². The smallest absolute Gasteiger partial charge is 0.224 e. The Morgan fingerprint density at radius 1 is 1.03 bits per heavy atom. The zero-order chi connectivity index (χ0) is 21.7. The highest BCUT2D eigenvalue weighted by Gasteiger charge is 2.17. The largest absolute Gasteiger partial charge is 0.332 e. The van der Waals surface area contributed by atoms with E-state index >= 15 is 0 Å². The summed E-state index contributed by atoms with van der Waals surface area (Å²) in [7, 11) is 0. The molecule has 1 aromatic heterocycles. The quantitative estimate of drug-likeness (QED) is 0.422. The van der Waals surface area contributed by atoms with Crippen LogP contribution in [0.15, 0.2) is 53.9 Å². The Balaban J connectivity index is 1.57. The van der Waals surface area contributed by atoms with Gasteiger partial charge in [0.05, 0.1) is 5.69 Å². The number of nitrogens with zero attached hydrogens (tertiary/aromatic N) is 1. The topological polar surface area (TPSA) is 54.0 Å². The summed E-state index contributed by atoms with van der Waals surface area (Å²) in [5, 5.41) is 9.25. The predicted octanol–water partition coefficient (Wildman–Crippen LogP) is 7.26. The minimum Gasteiger partial charge on any atom is -0.332 e. The molecule has 0 fully saturated rings. The lowest BCUT2D eigenvalue weighted by Gasteiger charge is -2.22. The predicted molar refractivity (Wildman–Crippen MR) is 128 cm³/mol. The molecule has 2 N–H and O–H groups in total. The van der Waals surface area contributed by atoms with E-state index in [-0.39, 0.29) is 11.3 Å². The number of hydrogen-bond donors (Lipinski definition) is 2. The lowest BCUT2D eigenvalue weighted by atomic mass is 9.84. The maximum atomic E-state index is 12.3. The Hall–Kier alpha value is -2.66. The van der Waals surface area contributed by atoms with Crippen molar-refractivity contribution < 1.29 is 4.79 Å². The second kappa shape index (κ2) is 9.43. The van der Waals surface area contributed by atoms with E-state index in [1.807, 2.05) is 29.6 Å². The normalized spacial score (nSPS) is 12.4. The second-order valence-electron chi connectivity index (χ2n) is 9.23. The molecular formula is C25H31N3OS. The van der Waals surface area contributed by atoms with Crippen molar-refractivity contribution in [3.8, 4) is 11.3 Å². The van der Waals surface area contributed by atoms with Crippen molar-refractivity contribution in [2.24, 2.45) is 11.3 Å². The first kappa shape index (κ1) is 22.0. The van der Waals surface area contributed by atoms with Crippen LogP contribution in [0.5, 0.6) is 0 Å². The first-order valence-corrected chi connectivity index (χ1v) is 11.3. The zero-order valence-electron chi connectivity index (χ0n) is 18.5. The van der Waals surface area contributed by atoms with Crippen LogP contribution in [0.25, 0.3) is 11.3 Å². The van der Waals surface area contributed by atoms with Crippen molar-refractivity contribution in [3.05, 3.63) is 59.5 Å². The molecular weight excluding hydrogens is 390 g/mol. The molecule has 2 aromatic carbocycles. The van der Waals surface area contributed by atoms with Crippen molar-refractivity contribution >= 4 is 33.8 Å². The van der Waals surface area contributed by atoms with Gasteiger partial charge in [-0.3, -0.25) is 4.79 Å². The van der Waals surface area contributed by atoms with Crippen molar-refractivity contribution in [2.75, 3.05) is 10.6 Å². The van der Waals surface area contributed by atoms with Crippen molar-refractivity contribution in [1.82, 2.24) is 4.98 Å². The number of rotatable bonds is 7. The molecule has 1 heterocycles. The molecule has 0 radical (unpaired) electrons. The van der Waals surface area contributed by atoms with Crippen LogP contribution in [-0.4, -0.2) is 10.9 Å². The van der Waals surface area contributed by atoms with E-state index in [0.29, 0.717) is 12.3 Å². The fraction of sp³-hybridized carbons (Fsp3) is 0.360. The zero-order valence-corrected chi connectivity index (χ0v) is 19.3. The number of hydrogen-bond acceptors (Lipinski definition) is 4. The fourth-order valence-corrected chi connectivity index (χ4v) is 4.33. The highest BCUT2D eigenvalue weighted by molar-refractivity contribution is 7.14. The summed E-state index contributed by atoms with van der Waals surface area (Å²) in [6, 6.07) is 16.1. The van der Waals surface area contributed by atoms with E-state index in [4.69, 9.17) is 0 Å². The summed E-state index contributed by atoms with van der Waals surface area (Å²) in [5.74, 6) is 0.427. The molecule has 4 nitrogen and oxygen atoms in total. The van der Waals surface area contributed by atoms with Gasteiger partial charge in [0.1, 0.15) is 0 Å². The van der Waals surface area contributed by atoms with Crippen LogP contribution in [0, 0.1) is 18.3 Å². The average Bonchev–Trinajstić information content (AvgIpc) is 3.11. The molecule has 0 unspecified atom stereocenters. The van der Waals surface area contributed by atoms with Gasteiger partial charge in [0, 0.05) is 28.7 Å². The van der Waals surface area contributed by atoms with Crippen LogP contribution >= 0.6 is 11.3 Å². The first-order valence-electron chi connectivity index (χ1n) is 10.4. The molecule has 3 rings (SSSR count). The Bertz CT molecular complexity index is 969. The molecule has 0 bridgehead atoms. The third-order valence-corrected chi connectivity index (χ3v) is 5.52. The van der Waals surface area contributed by atoms with Gasteiger partial charge in [-0.15, -0.1) is 11.3 Å². The van der Waals surface area contributed by atoms with E-state index in [1.165, 1.54) is 5.56 Å². The number of amides is 1. The van der Waals surface area contributed by atoms with E-state index in [1.54, 1.807) is 11.3 Å². The highest BCUT2D eigenvalue weighted by atomic mass is 32.1. The number of carbonyl (C=O) groups is 1. The second-order valence-corrected chi connectivity index (χ2v) is 10.1. The van der Waals surface area contributed by atoms with Gasteiger partial charge in [0.2, 0.25) is 5.91 Å². The molecule has 158 valence electrons. The van der Waals surface area contributed by atoms with Crippen LogP contribution in [0.4, 0.5) is 16.5 Å². The summed E-state index contributed by atoms with van der Waals surface area (Å²) >= 11 is 1.58. The van der Waals surface area contributed by atoms with Gasteiger partial charge in [-0.1, -0.05) is 57.5 Å². The third kappa shape index (κ3) is 6.70. The molecule has 30 heavy (non-hydrogen) atoms. The number of anilines is 3. The van der Waals surface area contributed by atoms with Crippen molar-refractivity contribution in [2.45, 2.75) is 47.5 Å². The minimum atomic E-state index is 0.0674. The number of aromatic nitrogens is 1. The Morgan fingerprint density at radius 2 is 1.67 bits per heavy atom. The lowest BCUT2D eigenvalue weighted by Crippen LogP contribution is -2.18. The molecule has 5 heteroatoms. The average molecular weight is 422 g/mol. The van der Waals surface area contributed by atoms with Gasteiger partial charge >= 0.3 is 0 Å². The maximum absolute atomic E-state index is 12.3. The molecule has 0 aliphatic rings. The summed E-state index contributed by atoms with van der Waals surface area (Å²) < 4.78 is 0. The lowest BCUT2D eigenvalue weighted by molar-refractivity contribution is -0.117. The number of nitrogens with one attached hydrogen (secondary N) is 2. The minimum absolute atomic E-state index is 0.0674. The molecule has 1 atom stereocenters. The van der Waals surface area contributed by atoms with Gasteiger partial charge in [-0.05, 0) is 48.9 Å². The number of thiazole rings is 1. The van der Waals surface area contributed by atoms with Gasteiger partial charge in [-0.2, -0.15) is 0 Å². The molecule has 0 aliphatic heterocycles. The molecule has 0 spiro atoms. The Kier molecular flexibility index (Phi) is 6.93. The van der Waals surface area contributed by atoms with Gasteiger partial charge in [-0.25, -0.2) is 4.98 Å². The molecule has 3 aromatic rings. The molecule has 1 amide bonds. The fourth-order valence-electron chi connectivity index (χ4n) is 3.59. The van der Waals surface area contributed by atoms with Crippen LogP contribution in [0.2, 0.25) is 0 Å². The third-order valence-electron chi connectivity index (χ3n) is 4.77. The summed E-state index contributed by atoms with van der Waals surface area (Å²) in [4.78, 5) is 17.0. The van der Waals surface area contributed by atoms with E-state index < -0.39 is 0 Å². The number of benzene rings is 2. The summed E-state index contributed by atoms with van der Waals surface area (Å²) in [5.41, 5.74) is 5.27. The molecule has 0 saturated heterocycles.